The summed E-state index contributed by atoms with van der Waals surface area (Å²) < 4.78 is 7.15. The zero-order valence-corrected chi connectivity index (χ0v) is 15.4. The van der Waals surface area contributed by atoms with Crippen molar-refractivity contribution in [2.24, 2.45) is 7.05 Å². The summed E-state index contributed by atoms with van der Waals surface area (Å²) >= 11 is 0. The third kappa shape index (κ3) is 2.54. The number of likely N-dealkylation sites (tertiary alicyclic amines) is 1. The molecule has 0 spiro atoms. The Balaban J connectivity index is 1.92. The quantitative estimate of drug-likeness (QED) is 0.867. The Morgan fingerprint density at radius 2 is 1.96 bits per heavy atom. The molecule has 1 fully saturated rings. The molecule has 0 saturated carbocycles. The highest BCUT2D eigenvalue weighted by Gasteiger charge is 2.36. The summed E-state index contributed by atoms with van der Waals surface area (Å²) in [7, 11) is 1.96. The SMILES string of the molecule is Cc1nn(C)c(C)c1[C@H]1CCCN1C(=O)[C@H](C)c1c(C)noc1C. The van der Waals surface area contributed by atoms with Crippen LogP contribution in [0, 0.1) is 27.7 Å². The summed E-state index contributed by atoms with van der Waals surface area (Å²) in [5.41, 5.74) is 5.09. The maximum absolute atomic E-state index is 13.2. The van der Waals surface area contributed by atoms with E-state index in [2.05, 4.69) is 17.2 Å². The lowest BCUT2D eigenvalue weighted by atomic mass is 9.96. The number of rotatable bonds is 3. The van der Waals surface area contributed by atoms with Gasteiger partial charge >= 0.3 is 0 Å². The van der Waals surface area contributed by atoms with Crippen LogP contribution in [-0.4, -0.2) is 32.3 Å². The van der Waals surface area contributed by atoms with Gasteiger partial charge in [-0.15, -0.1) is 0 Å². The minimum atomic E-state index is -0.242. The zero-order valence-electron chi connectivity index (χ0n) is 15.4. The Morgan fingerprint density at radius 1 is 1.25 bits per heavy atom. The Labute approximate surface area is 142 Å². The Kier molecular flexibility index (Phi) is 4.24. The van der Waals surface area contributed by atoms with Crippen LogP contribution >= 0.6 is 0 Å². The molecule has 2 aromatic rings. The van der Waals surface area contributed by atoms with Gasteiger partial charge in [-0.1, -0.05) is 5.16 Å². The van der Waals surface area contributed by atoms with Crippen molar-refractivity contribution >= 4 is 5.91 Å². The molecule has 0 aromatic carbocycles. The van der Waals surface area contributed by atoms with Gasteiger partial charge in [-0.2, -0.15) is 5.10 Å². The maximum Gasteiger partial charge on any atom is 0.230 e. The van der Waals surface area contributed by atoms with E-state index in [9.17, 15) is 4.79 Å². The molecule has 0 unspecified atom stereocenters. The van der Waals surface area contributed by atoms with Gasteiger partial charge in [0.15, 0.2) is 0 Å². The van der Waals surface area contributed by atoms with Crippen molar-refractivity contribution in [1.82, 2.24) is 19.8 Å². The molecule has 2 aromatic heterocycles. The van der Waals surface area contributed by atoms with E-state index < -0.39 is 0 Å². The smallest absolute Gasteiger partial charge is 0.230 e. The molecule has 3 rings (SSSR count). The van der Waals surface area contributed by atoms with Crippen molar-refractivity contribution in [2.45, 2.75) is 59.4 Å². The van der Waals surface area contributed by atoms with Gasteiger partial charge in [-0.25, -0.2) is 0 Å². The first-order chi connectivity index (χ1) is 11.3. The van der Waals surface area contributed by atoms with Crippen molar-refractivity contribution in [3.63, 3.8) is 0 Å². The van der Waals surface area contributed by atoms with E-state index in [0.29, 0.717) is 0 Å². The lowest BCUT2D eigenvalue weighted by Crippen LogP contribution is -2.34. The van der Waals surface area contributed by atoms with Gasteiger partial charge in [0.25, 0.3) is 0 Å². The second-order valence-electron chi connectivity index (χ2n) is 6.86. The van der Waals surface area contributed by atoms with Gasteiger partial charge < -0.3 is 9.42 Å². The van der Waals surface area contributed by atoms with E-state index in [4.69, 9.17) is 4.52 Å². The average Bonchev–Trinajstić information content (AvgIpc) is 3.18. The van der Waals surface area contributed by atoms with Crippen LogP contribution in [0.5, 0.6) is 0 Å². The summed E-state index contributed by atoms with van der Waals surface area (Å²) in [6, 6.07) is 0.120. The molecule has 24 heavy (non-hydrogen) atoms. The van der Waals surface area contributed by atoms with Crippen LogP contribution in [0.2, 0.25) is 0 Å². The molecule has 2 atom stereocenters. The molecule has 3 heterocycles. The van der Waals surface area contributed by atoms with Crippen LogP contribution in [0.15, 0.2) is 4.52 Å². The van der Waals surface area contributed by atoms with Gasteiger partial charge in [-0.3, -0.25) is 9.48 Å². The second-order valence-corrected chi connectivity index (χ2v) is 6.86. The second kappa shape index (κ2) is 6.07. The first-order valence-corrected chi connectivity index (χ1v) is 8.56. The van der Waals surface area contributed by atoms with Crippen LogP contribution in [-0.2, 0) is 11.8 Å². The van der Waals surface area contributed by atoms with Gasteiger partial charge in [0.1, 0.15) is 5.76 Å². The number of aromatic nitrogens is 3. The minimum Gasteiger partial charge on any atom is -0.361 e. The molecule has 1 aliphatic rings. The van der Waals surface area contributed by atoms with E-state index in [1.807, 2.05) is 44.3 Å². The van der Waals surface area contributed by atoms with Gasteiger partial charge in [0.05, 0.1) is 23.3 Å². The highest BCUT2D eigenvalue weighted by molar-refractivity contribution is 5.84. The lowest BCUT2D eigenvalue weighted by Gasteiger charge is -2.28. The minimum absolute atomic E-state index is 0.120. The Hall–Kier alpha value is -2.11. The molecule has 6 heteroatoms. The fourth-order valence-electron chi connectivity index (χ4n) is 4.08. The van der Waals surface area contributed by atoms with Crippen LogP contribution in [0.3, 0.4) is 0 Å². The normalized spacial score (nSPS) is 19.1. The van der Waals surface area contributed by atoms with Crippen LogP contribution < -0.4 is 0 Å². The molecule has 1 aliphatic heterocycles. The summed E-state index contributed by atoms with van der Waals surface area (Å²) in [5.74, 6) is 0.640. The Bertz CT molecular complexity index is 755. The van der Waals surface area contributed by atoms with Crippen LogP contribution in [0.25, 0.3) is 0 Å². The topological polar surface area (TPSA) is 64.2 Å². The predicted molar refractivity (Wildman–Crippen MR) is 90.8 cm³/mol. The molecule has 0 N–H and O–H groups in total. The third-order valence-electron chi connectivity index (χ3n) is 5.33. The molecular formula is C18H26N4O2. The molecule has 0 radical (unpaired) electrons. The number of hydrogen-bond acceptors (Lipinski definition) is 4. The third-order valence-corrected chi connectivity index (χ3v) is 5.33. The maximum atomic E-state index is 13.2. The van der Waals surface area contributed by atoms with Crippen molar-refractivity contribution in [3.8, 4) is 0 Å². The highest BCUT2D eigenvalue weighted by atomic mass is 16.5. The van der Waals surface area contributed by atoms with Gasteiger partial charge in [-0.05, 0) is 47.5 Å². The number of carbonyl (C=O) groups is 1. The first-order valence-electron chi connectivity index (χ1n) is 8.56. The number of carbonyl (C=O) groups excluding carboxylic acids is 1. The first kappa shape index (κ1) is 16.7. The molecule has 0 aliphatic carbocycles. The molecule has 1 saturated heterocycles. The monoisotopic (exact) mass is 330 g/mol. The summed E-state index contributed by atoms with van der Waals surface area (Å²) in [5, 5.41) is 8.52. The van der Waals surface area contributed by atoms with Crippen molar-refractivity contribution in [2.75, 3.05) is 6.54 Å². The lowest BCUT2D eigenvalue weighted by molar-refractivity contribution is -0.133. The number of aryl methyl sites for hydroxylation is 4. The number of nitrogens with zero attached hydrogens (tertiary/aromatic N) is 4. The zero-order chi connectivity index (χ0) is 17.6. The highest BCUT2D eigenvalue weighted by Crippen LogP contribution is 2.38. The van der Waals surface area contributed by atoms with Crippen molar-refractivity contribution < 1.29 is 9.32 Å². The van der Waals surface area contributed by atoms with E-state index in [1.54, 1.807) is 0 Å². The van der Waals surface area contributed by atoms with Gasteiger partial charge in [0.2, 0.25) is 5.91 Å². The summed E-state index contributed by atoms with van der Waals surface area (Å²) in [4.78, 5) is 15.2. The van der Waals surface area contributed by atoms with E-state index >= 15 is 0 Å². The van der Waals surface area contributed by atoms with Crippen LogP contribution in [0.4, 0.5) is 0 Å². The number of hydrogen-bond donors (Lipinski definition) is 0. The number of amides is 1. The molecule has 130 valence electrons. The summed E-state index contributed by atoms with van der Waals surface area (Å²) in [6.45, 7) is 10.6. The predicted octanol–water partition coefficient (Wildman–Crippen LogP) is 3.11. The largest absolute Gasteiger partial charge is 0.361 e. The van der Waals surface area contributed by atoms with E-state index in [1.165, 1.54) is 5.56 Å². The molecule has 0 bridgehead atoms. The fraction of sp³-hybridized carbons (Fsp3) is 0.611. The van der Waals surface area contributed by atoms with E-state index in [-0.39, 0.29) is 17.9 Å². The molecular weight excluding hydrogens is 304 g/mol. The average molecular weight is 330 g/mol. The van der Waals surface area contributed by atoms with Gasteiger partial charge in [0, 0.05) is 30.4 Å². The standard InChI is InChI=1S/C18H26N4O2/c1-10(16-12(3)20-24-14(16)5)18(23)22-9-7-8-15(22)17-11(2)19-21(6)13(17)4/h10,15H,7-9H2,1-6H3/t10-,15-/m1/s1. The molecule has 1 amide bonds. The van der Waals surface area contributed by atoms with E-state index in [0.717, 1.165) is 47.8 Å². The fourth-order valence-corrected chi connectivity index (χ4v) is 4.08. The van der Waals surface area contributed by atoms with Crippen molar-refractivity contribution in [3.05, 3.63) is 34.0 Å². The summed E-state index contributed by atoms with van der Waals surface area (Å²) in [6.07, 6.45) is 2.02. The molecule has 6 nitrogen and oxygen atoms in total. The Morgan fingerprint density at radius 3 is 2.50 bits per heavy atom. The van der Waals surface area contributed by atoms with Crippen LogP contribution in [0.1, 0.15) is 65.7 Å². The van der Waals surface area contributed by atoms with Crippen molar-refractivity contribution in [1.29, 1.82) is 0 Å².